The van der Waals surface area contributed by atoms with Crippen molar-refractivity contribution in [2.75, 3.05) is 5.32 Å². The van der Waals surface area contributed by atoms with Crippen LogP contribution in [0.2, 0.25) is 5.02 Å². The molecule has 2 aromatic rings. The van der Waals surface area contributed by atoms with Crippen molar-refractivity contribution in [2.24, 2.45) is 0 Å². The highest BCUT2D eigenvalue weighted by Crippen LogP contribution is 2.27. The van der Waals surface area contributed by atoms with Gasteiger partial charge in [-0.2, -0.15) is 0 Å². The number of aryl methyl sites for hydroxylation is 1. The second kappa shape index (κ2) is 5.24. The first-order chi connectivity index (χ1) is 8.97. The molecule has 0 saturated carbocycles. The summed E-state index contributed by atoms with van der Waals surface area (Å²) in [6.45, 7) is 1.82. The molecule has 0 amide bonds. The quantitative estimate of drug-likeness (QED) is 0.668. The Hall–Kier alpha value is -2.14. The van der Waals surface area contributed by atoms with E-state index in [-0.39, 0.29) is 10.7 Å². The maximum Gasteiger partial charge on any atom is 0.271 e. The second-order valence-electron chi connectivity index (χ2n) is 4.01. The van der Waals surface area contributed by atoms with Crippen LogP contribution in [-0.4, -0.2) is 4.92 Å². The number of rotatable bonds is 3. The SMILES string of the molecule is Cc1ccc([N+](=O)[O-])cc1Nc1ccc(F)c(Cl)c1. The minimum absolute atomic E-state index is 0.00640. The number of hydrogen-bond donors (Lipinski definition) is 1. The number of hydrogen-bond acceptors (Lipinski definition) is 3. The van der Waals surface area contributed by atoms with E-state index in [4.69, 9.17) is 11.6 Å². The van der Waals surface area contributed by atoms with Crippen molar-refractivity contribution in [3.8, 4) is 0 Å². The summed E-state index contributed by atoms with van der Waals surface area (Å²) < 4.78 is 13.0. The molecule has 0 bridgehead atoms. The van der Waals surface area contributed by atoms with E-state index in [1.807, 2.05) is 6.92 Å². The fourth-order valence-corrected chi connectivity index (χ4v) is 1.77. The molecule has 0 atom stereocenters. The van der Waals surface area contributed by atoms with Crippen LogP contribution in [0.1, 0.15) is 5.56 Å². The first kappa shape index (κ1) is 13.3. The van der Waals surface area contributed by atoms with E-state index in [0.717, 1.165) is 5.56 Å². The molecule has 2 aromatic carbocycles. The second-order valence-corrected chi connectivity index (χ2v) is 4.42. The van der Waals surface area contributed by atoms with Crippen LogP contribution in [0.25, 0.3) is 0 Å². The largest absolute Gasteiger partial charge is 0.355 e. The van der Waals surface area contributed by atoms with Crippen molar-refractivity contribution in [1.29, 1.82) is 0 Å². The summed E-state index contributed by atoms with van der Waals surface area (Å²) in [6.07, 6.45) is 0. The van der Waals surface area contributed by atoms with Gasteiger partial charge in [-0.25, -0.2) is 4.39 Å². The zero-order valence-electron chi connectivity index (χ0n) is 9.98. The normalized spacial score (nSPS) is 10.3. The molecule has 0 aliphatic heterocycles. The molecule has 6 heteroatoms. The fraction of sp³-hybridized carbons (Fsp3) is 0.0769. The molecule has 98 valence electrons. The van der Waals surface area contributed by atoms with Crippen LogP contribution >= 0.6 is 11.6 Å². The van der Waals surface area contributed by atoms with Gasteiger partial charge in [0.25, 0.3) is 5.69 Å². The standard InChI is InChI=1S/C13H10ClFN2O2/c1-8-2-4-10(17(18)19)7-13(8)16-9-3-5-12(15)11(14)6-9/h2-7,16H,1H3. The Morgan fingerprint density at radius 3 is 2.63 bits per heavy atom. The smallest absolute Gasteiger partial charge is 0.271 e. The van der Waals surface area contributed by atoms with Crippen molar-refractivity contribution in [3.63, 3.8) is 0 Å². The van der Waals surface area contributed by atoms with Crippen molar-refractivity contribution in [1.82, 2.24) is 0 Å². The maximum absolute atomic E-state index is 13.0. The Morgan fingerprint density at radius 1 is 1.26 bits per heavy atom. The first-order valence-corrected chi connectivity index (χ1v) is 5.82. The van der Waals surface area contributed by atoms with Gasteiger partial charge in [0.1, 0.15) is 5.82 Å². The van der Waals surface area contributed by atoms with Crippen LogP contribution in [0.4, 0.5) is 21.5 Å². The van der Waals surface area contributed by atoms with Crippen LogP contribution in [0.15, 0.2) is 36.4 Å². The molecule has 19 heavy (non-hydrogen) atoms. The van der Waals surface area contributed by atoms with Gasteiger partial charge in [0.15, 0.2) is 0 Å². The molecular weight excluding hydrogens is 271 g/mol. The summed E-state index contributed by atoms with van der Waals surface area (Å²) in [5.41, 5.74) is 1.97. The van der Waals surface area contributed by atoms with Crippen molar-refractivity contribution >= 4 is 28.7 Å². The minimum atomic E-state index is -0.511. The van der Waals surface area contributed by atoms with Crippen molar-refractivity contribution in [3.05, 3.63) is 62.9 Å². The number of benzene rings is 2. The summed E-state index contributed by atoms with van der Waals surface area (Å²) in [7, 11) is 0. The van der Waals surface area contributed by atoms with E-state index in [0.29, 0.717) is 11.4 Å². The third-order valence-electron chi connectivity index (χ3n) is 2.63. The number of nitro benzene ring substituents is 1. The van der Waals surface area contributed by atoms with Crippen LogP contribution < -0.4 is 5.32 Å². The molecule has 0 unspecified atom stereocenters. The van der Waals surface area contributed by atoms with Crippen LogP contribution in [-0.2, 0) is 0 Å². The summed E-state index contributed by atoms with van der Waals surface area (Å²) >= 11 is 5.68. The van der Waals surface area contributed by atoms with Gasteiger partial charge in [-0.15, -0.1) is 0 Å². The van der Waals surface area contributed by atoms with Gasteiger partial charge in [0.05, 0.1) is 9.95 Å². The average Bonchev–Trinajstić information content (AvgIpc) is 2.36. The summed E-state index contributed by atoms with van der Waals surface area (Å²) in [5.74, 6) is -0.511. The predicted octanol–water partition coefficient (Wildman–Crippen LogP) is 4.44. The van der Waals surface area contributed by atoms with Gasteiger partial charge < -0.3 is 5.32 Å². The van der Waals surface area contributed by atoms with Crippen LogP contribution in [0.3, 0.4) is 0 Å². The first-order valence-electron chi connectivity index (χ1n) is 5.44. The zero-order chi connectivity index (χ0) is 14.0. The number of non-ortho nitro benzene ring substituents is 1. The van der Waals surface area contributed by atoms with Crippen LogP contribution in [0.5, 0.6) is 0 Å². The molecule has 0 spiro atoms. The molecule has 2 rings (SSSR count). The molecule has 0 radical (unpaired) electrons. The molecule has 0 aliphatic rings. The predicted molar refractivity (Wildman–Crippen MR) is 72.5 cm³/mol. The molecular formula is C13H10ClFN2O2. The highest BCUT2D eigenvalue weighted by atomic mass is 35.5. The lowest BCUT2D eigenvalue weighted by atomic mass is 10.1. The minimum Gasteiger partial charge on any atom is -0.355 e. The van der Waals surface area contributed by atoms with Gasteiger partial charge in [-0.05, 0) is 30.7 Å². The van der Waals surface area contributed by atoms with E-state index in [1.54, 1.807) is 6.07 Å². The van der Waals surface area contributed by atoms with Gasteiger partial charge in [0, 0.05) is 23.5 Å². The lowest BCUT2D eigenvalue weighted by molar-refractivity contribution is -0.384. The Kier molecular flexibility index (Phi) is 3.66. The topological polar surface area (TPSA) is 55.2 Å². The Balaban J connectivity index is 2.34. The van der Waals surface area contributed by atoms with Crippen molar-refractivity contribution in [2.45, 2.75) is 6.92 Å². The lowest BCUT2D eigenvalue weighted by Crippen LogP contribution is -1.96. The number of nitrogens with zero attached hydrogens (tertiary/aromatic N) is 1. The molecule has 0 fully saturated rings. The molecule has 0 saturated heterocycles. The summed E-state index contributed by atoms with van der Waals surface area (Å²) in [5, 5.41) is 13.7. The van der Waals surface area contributed by atoms with Crippen molar-refractivity contribution < 1.29 is 9.31 Å². The van der Waals surface area contributed by atoms with Gasteiger partial charge in [-0.3, -0.25) is 10.1 Å². The van der Waals surface area contributed by atoms with Gasteiger partial charge in [0.2, 0.25) is 0 Å². The third-order valence-corrected chi connectivity index (χ3v) is 2.92. The molecule has 0 aromatic heterocycles. The number of nitro groups is 1. The fourth-order valence-electron chi connectivity index (χ4n) is 1.59. The van der Waals surface area contributed by atoms with Gasteiger partial charge >= 0.3 is 0 Å². The Bertz CT molecular complexity index is 647. The Labute approximate surface area is 114 Å². The highest BCUT2D eigenvalue weighted by molar-refractivity contribution is 6.31. The average molecular weight is 281 g/mol. The lowest BCUT2D eigenvalue weighted by Gasteiger charge is -2.09. The number of nitrogens with one attached hydrogen (secondary N) is 1. The maximum atomic E-state index is 13.0. The third kappa shape index (κ3) is 3.00. The van der Waals surface area contributed by atoms with E-state index in [9.17, 15) is 14.5 Å². The van der Waals surface area contributed by atoms with E-state index >= 15 is 0 Å². The zero-order valence-corrected chi connectivity index (χ0v) is 10.7. The molecule has 0 heterocycles. The van der Waals surface area contributed by atoms with E-state index in [1.165, 1.54) is 30.3 Å². The molecule has 1 N–H and O–H groups in total. The molecule has 4 nitrogen and oxygen atoms in total. The van der Waals surface area contributed by atoms with E-state index < -0.39 is 10.7 Å². The van der Waals surface area contributed by atoms with Crippen LogP contribution in [0, 0.1) is 22.9 Å². The van der Waals surface area contributed by atoms with E-state index in [2.05, 4.69) is 5.32 Å². The molecule has 0 aliphatic carbocycles. The highest BCUT2D eigenvalue weighted by Gasteiger charge is 2.09. The summed E-state index contributed by atoms with van der Waals surface area (Å²) in [4.78, 5) is 10.3. The Morgan fingerprint density at radius 2 is 2.00 bits per heavy atom. The summed E-state index contributed by atoms with van der Waals surface area (Å²) in [6, 6.07) is 8.67. The van der Waals surface area contributed by atoms with Gasteiger partial charge in [-0.1, -0.05) is 17.7 Å². The number of halogens is 2. The number of anilines is 2. The monoisotopic (exact) mass is 280 g/mol.